The number of pyridine rings is 1. The zero-order valence-corrected chi connectivity index (χ0v) is 18.0. The van der Waals surface area contributed by atoms with Crippen molar-refractivity contribution in [1.82, 2.24) is 24.9 Å². The molecule has 1 aliphatic rings. The second-order valence-corrected chi connectivity index (χ2v) is 8.12. The summed E-state index contributed by atoms with van der Waals surface area (Å²) in [6.07, 6.45) is -2.05. The zero-order valence-electron chi connectivity index (χ0n) is 17.3. The molecule has 0 bridgehead atoms. The van der Waals surface area contributed by atoms with Crippen LogP contribution in [0.15, 0.2) is 30.6 Å². The van der Waals surface area contributed by atoms with E-state index in [1.165, 1.54) is 22.8 Å². The Labute approximate surface area is 194 Å². The van der Waals surface area contributed by atoms with Crippen molar-refractivity contribution in [3.05, 3.63) is 41.3 Å². The first-order valence-corrected chi connectivity index (χ1v) is 10.4. The molecule has 3 aromatic heterocycles. The van der Waals surface area contributed by atoms with Gasteiger partial charge < -0.3 is 14.8 Å². The fourth-order valence-electron chi connectivity index (χ4n) is 3.43. The van der Waals surface area contributed by atoms with Gasteiger partial charge >= 0.3 is 6.18 Å². The van der Waals surface area contributed by atoms with Crippen LogP contribution in [0.25, 0.3) is 5.65 Å². The molecule has 1 fully saturated rings. The van der Waals surface area contributed by atoms with Gasteiger partial charge in [0.1, 0.15) is 5.69 Å². The quantitative estimate of drug-likeness (QED) is 0.483. The highest BCUT2D eigenvalue weighted by atomic mass is 35.5. The summed E-state index contributed by atoms with van der Waals surface area (Å²) in [5.74, 6) is -4.19. The van der Waals surface area contributed by atoms with Crippen LogP contribution in [0.4, 0.5) is 22.0 Å². The van der Waals surface area contributed by atoms with E-state index in [0.717, 1.165) is 12.3 Å². The Balaban J connectivity index is 1.49. The predicted molar refractivity (Wildman–Crippen MR) is 109 cm³/mol. The molecule has 4 rings (SSSR count). The normalized spacial score (nSPS) is 18.0. The topological polar surface area (TPSA) is 90.6 Å². The van der Waals surface area contributed by atoms with Gasteiger partial charge in [-0.05, 0) is 18.9 Å². The van der Waals surface area contributed by atoms with E-state index in [1.54, 1.807) is 0 Å². The molecule has 1 amide bonds. The van der Waals surface area contributed by atoms with Crippen LogP contribution >= 0.6 is 11.6 Å². The summed E-state index contributed by atoms with van der Waals surface area (Å²) in [7, 11) is 0. The van der Waals surface area contributed by atoms with Crippen molar-refractivity contribution in [3.8, 4) is 17.5 Å². The maximum Gasteiger partial charge on any atom is 0.422 e. The molecule has 0 aromatic carbocycles. The van der Waals surface area contributed by atoms with Gasteiger partial charge in [0, 0.05) is 37.2 Å². The van der Waals surface area contributed by atoms with Gasteiger partial charge in [-0.15, -0.1) is 5.10 Å². The molecule has 0 aliphatic heterocycles. The predicted octanol–water partition coefficient (Wildman–Crippen LogP) is 4.82. The maximum atomic E-state index is 13.6. The van der Waals surface area contributed by atoms with Crippen LogP contribution in [0.2, 0.25) is 5.02 Å². The number of carbonyl (C=O) groups excluding carboxylic acids is 1. The fourth-order valence-corrected chi connectivity index (χ4v) is 3.58. The second-order valence-electron chi connectivity index (χ2n) is 7.69. The first-order valence-electron chi connectivity index (χ1n) is 10.1. The van der Waals surface area contributed by atoms with Crippen LogP contribution in [0.5, 0.6) is 17.5 Å². The number of halogens is 6. The molecule has 1 N–H and O–H groups in total. The van der Waals surface area contributed by atoms with E-state index >= 15 is 0 Å². The van der Waals surface area contributed by atoms with Crippen molar-refractivity contribution in [2.45, 2.75) is 43.8 Å². The third kappa shape index (κ3) is 6.01. The van der Waals surface area contributed by atoms with Crippen LogP contribution in [0, 0.1) is 0 Å². The average Bonchev–Trinajstić information content (AvgIpc) is 3.16. The Hall–Kier alpha value is -3.22. The largest absolute Gasteiger partial charge is 0.478 e. The number of fused-ring (bicyclic) bond motifs is 1. The van der Waals surface area contributed by atoms with Gasteiger partial charge in [0.2, 0.25) is 11.8 Å². The number of imidazole rings is 1. The summed E-state index contributed by atoms with van der Waals surface area (Å²) in [6, 6.07) is 3.25. The van der Waals surface area contributed by atoms with Gasteiger partial charge in [-0.1, -0.05) is 11.6 Å². The van der Waals surface area contributed by atoms with Crippen molar-refractivity contribution in [2.24, 2.45) is 0 Å². The smallest absolute Gasteiger partial charge is 0.422 e. The molecule has 34 heavy (non-hydrogen) atoms. The van der Waals surface area contributed by atoms with E-state index in [2.05, 4.69) is 20.4 Å². The Morgan fingerprint density at radius 3 is 2.85 bits per heavy atom. The van der Waals surface area contributed by atoms with Crippen molar-refractivity contribution < 1.29 is 36.2 Å². The molecule has 14 heteroatoms. The molecule has 8 nitrogen and oxygen atoms in total. The molecule has 1 saturated carbocycles. The monoisotopic (exact) mass is 505 g/mol. The molecule has 1 aliphatic carbocycles. The average molecular weight is 506 g/mol. The molecule has 182 valence electrons. The van der Waals surface area contributed by atoms with Crippen LogP contribution in [0.1, 0.15) is 36.2 Å². The summed E-state index contributed by atoms with van der Waals surface area (Å²) >= 11 is 5.78. The molecular weight excluding hydrogens is 489 g/mol. The Morgan fingerprint density at radius 1 is 1.32 bits per heavy atom. The standard InChI is InChI=1S/C20H17ClF5N5O3/c21-11-6-14(33-10-20(24,25)26)18(27-8-11)34-16-4-3-15-29-13(9-31(15)30-16)17(32)28-12-2-1-5-19(22,23)7-12/h3-4,6,8-9,12H,1-2,5,7,10H2,(H,28,32). The molecule has 1 atom stereocenters. The summed E-state index contributed by atoms with van der Waals surface area (Å²) in [4.78, 5) is 20.4. The lowest BCUT2D eigenvalue weighted by Crippen LogP contribution is -2.42. The van der Waals surface area contributed by atoms with E-state index in [4.69, 9.17) is 21.1 Å². The second kappa shape index (κ2) is 9.20. The lowest BCUT2D eigenvalue weighted by molar-refractivity contribution is -0.153. The molecule has 1 unspecified atom stereocenters. The number of rotatable bonds is 6. The highest BCUT2D eigenvalue weighted by Gasteiger charge is 2.37. The number of ether oxygens (including phenoxy) is 2. The van der Waals surface area contributed by atoms with Gasteiger partial charge in [-0.3, -0.25) is 4.79 Å². The number of hydrogen-bond donors (Lipinski definition) is 1. The fraction of sp³-hybridized carbons (Fsp3) is 0.400. The summed E-state index contributed by atoms with van der Waals surface area (Å²) in [6.45, 7) is -1.58. The Bertz CT molecular complexity index is 1200. The Kier molecular flexibility index (Phi) is 6.47. The number of nitrogens with one attached hydrogen (secondary N) is 1. The first-order chi connectivity index (χ1) is 16.0. The molecule has 0 radical (unpaired) electrons. The SMILES string of the molecule is O=C(NC1CCCC(F)(F)C1)c1cn2nc(Oc3ncc(Cl)cc3OCC(F)(F)F)ccc2n1. The number of carbonyl (C=O) groups is 1. The molecule has 0 saturated heterocycles. The van der Waals surface area contributed by atoms with Gasteiger partial charge in [-0.2, -0.15) is 13.2 Å². The van der Waals surface area contributed by atoms with Crippen molar-refractivity contribution in [2.75, 3.05) is 6.61 Å². The third-order valence-electron chi connectivity index (χ3n) is 4.88. The van der Waals surface area contributed by atoms with Crippen molar-refractivity contribution in [1.29, 1.82) is 0 Å². The van der Waals surface area contributed by atoms with Crippen molar-refractivity contribution >= 4 is 23.2 Å². The number of aromatic nitrogens is 4. The van der Waals surface area contributed by atoms with Crippen LogP contribution < -0.4 is 14.8 Å². The lowest BCUT2D eigenvalue weighted by Gasteiger charge is -2.29. The number of hydrogen-bond acceptors (Lipinski definition) is 6. The zero-order chi connectivity index (χ0) is 24.5. The minimum Gasteiger partial charge on any atom is -0.478 e. The first kappa shape index (κ1) is 23.9. The summed E-state index contributed by atoms with van der Waals surface area (Å²) in [5.41, 5.74) is 0.210. The summed E-state index contributed by atoms with van der Waals surface area (Å²) in [5, 5.41) is 6.69. The Morgan fingerprint density at radius 2 is 2.12 bits per heavy atom. The van der Waals surface area contributed by atoms with Crippen LogP contribution in [-0.4, -0.2) is 50.2 Å². The van der Waals surface area contributed by atoms with E-state index in [1.807, 2.05) is 0 Å². The highest BCUT2D eigenvalue weighted by Crippen LogP contribution is 2.34. The third-order valence-corrected chi connectivity index (χ3v) is 5.09. The van der Waals surface area contributed by atoms with Crippen molar-refractivity contribution in [3.63, 3.8) is 0 Å². The van der Waals surface area contributed by atoms with Gasteiger partial charge in [0.05, 0.1) is 11.2 Å². The van der Waals surface area contributed by atoms with E-state index in [-0.39, 0.29) is 40.3 Å². The lowest BCUT2D eigenvalue weighted by atomic mass is 9.92. The minimum absolute atomic E-state index is 0.0360. The molecule has 3 aromatic rings. The van der Waals surface area contributed by atoms with Gasteiger partial charge in [0.25, 0.3) is 11.8 Å². The summed E-state index contributed by atoms with van der Waals surface area (Å²) < 4.78 is 76.1. The minimum atomic E-state index is -4.59. The molecule has 3 heterocycles. The number of nitrogens with zero attached hydrogens (tertiary/aromatic N) is 4. The maximum absolute atomic E-state index is 13.6. The van der Waals surface area contributed by atoms with Gasteiger partial charge in [-0.25, -0.2) is 23.3 Å². The molecular formula is C20H17ClF5N5O3. The van der Waals surface area contributed by atoms with Crippen LogP contribution in [-0.2, 0) is 0 Å². The van der Waals surface area contributed by atoms with E-state index in [9.17, 15) is 26.7 Å². The van der Waals surface area contributed by atoms with E-state index in [0.29, 0.717) is 12.8 Å². The van der Waals surface area contributed by atoms with Gasteiger partial charge in [0.15, 0.2) is 18.0 Å². The van der Waals surface area contributed by atoms with Crippen LogP contribution in [0.3, 0.4) is 0 Å². The molecule has 0 spiro atoms. The van der Waals surface area contributed by atoms with E-state index < -0.39 is 37.1 Å². The highest BCUT2D eigenvalue weighted by molar-refractivity contribution is 6.30. The number of alkyl halides is 5. The number of amides is 1.